The minimum atomic E-state index is -0.477. The van der Waals surface area contributed by atoms with Crippen LogP contribution in [0.4, 0.5) is 5.69 Å². The van der Waals surface area contributed by atoms with Gasteiger partial charge in [0.15, 0.2) is 0 Å². The molecule has 22 heavy (non-hydrogen) atoms. The summed E-state index contributed by atoms with van der Waals surface area (Å²) in [6.45, 7) is 3.38. The highest BCUT2D eigenvalue weighted by atomic mass is 16.6. The summed E-state index contributed by atoms with van der Waals surface area (Å²) in [4.78, 5) is 22.3. The normalized spacial score (nSPS) is 11.1. The van der Waals surface area contributed by atoms with Crippen LogP contribution in [0, 0.1) is 17.0 Å². The molecule has 112 valence electrons. The highest BCUT2D eigenvalue weighted by Crippen LogP contribution is 2.18. The molecule has 0 spiro atoms. The van der Waals surface area contributed by atoms with Crippen LogP contribution in [0.25, 0.3) is 0 Å². The summed E-state index contributed by atoms with van der Waals surface area (Å²) in [5.74, 6) is -0.409. The molecule has 0 aliphatic rings. The number of amides is 1. The number of hydrogen-bond donors (Lipinski definition) is 1. The van der Waals surface area contributed by atoms with Gasteiger partial charge in [0, 0.05) is 17.2 Å². The molecule has 0 aliphatic heterocycles. The summed E-state index contributed by atoms with van der Waals surface area (Å²) in [5.41, 5.74) is 4.78. The third-order valence-corrected chi connectivity index (χ3v) is 3.17. The summed E-state index contributed by atoms with van der Waals surface area (Å²) < 4.78 is 0. The van der Waals surface area contributed by atoms with E-state index in [1.54, 1.807) is 13.8 Å². The first-order valence-electron chi connectivity index (χ1n) is 6.64. The molecule has 0 saturated carbocycles. The molecule has 2 aromatic rings. The van der Waals surface area contributed by atoms with Gasteiger partial charge in [0.1, 0.15) is 0 Å². The van der Waals surface area contributed by atoms with E-state index in [0.29, 0.717) is 16.8 Å². The first-order valence-corrected chi connectivity index (χ1v) is 6.64. The Kier molecular flexibility index (Phi) is 4.63. The van der Waals surface area contributed by atoms with Crippen molar-refractivity contribution in [2.45, 2.75) is 13.8 Å². The maximum atomic E-state index is 12.0. The van der Waals surface area contributed by atoms with E-state index in [-0.39, 0.29) is 5.69 Å². The second-order valence-corrected chi connectivity index (χ2v) is 4.76. The van der Waals surface area contributed by atoms with E-state index in [9.17, 15) is 14.9 Å². The van der Waals surface area contributed by atoms with Crippen LogP contribution in [-0.2, 0) is 0 Å². The Hall–Kier alpha value is -3.02. The predicted octanol–water partition coefficient (Wildman–Crippen LogP) is 3.06. The van der Waals surface area contributed by atoms with Crippen molar-refractivity contribution in [1.29, 1.82) is 0 Å². The topological polar surface area (TPSA) is 84.6 Å². The third-order valence-electron chi connectivity index (χ3n) is 3.17. The number of aryl methyl sites for hydroxylation is 1. The quantitative estimate of drug-likeness (QED) is 0.534. The molecule has 6 nitrogen and oxygen atoms in total. The Morgan fingerprint density at radius 3 is 2.41 bits per heavy atom. The molecule has 0 heterocycles. The minimum Gasteiger partial charge on any atom is -0.267 e. The molecule has 0 atom stereocenters. The number of hydrazone groups is 1. The molecule has 2 rings (SSSR count). The van der Waals surface area contributed by atoms with Crippen molar-refractivity contribution in [3.8, 4) is 0 Å². The average Bonchev–Trinajstić information content (AvgIpc) is 2.52. The number of carbonyl (C=O) groups is 1. The van der Waals surface area contributed by atoms with Gasteiger partial charge in [-0.15, -0.1) is 0 Å². The van der Waals surface area contributed by atoms with Gasteiger partial charge < -0.3 is 0 Å². The number of rotatable bonds is 4. The van der Waals surface area contributed by atoms with Crippen molar-refractivity contribution in [2.75, 3.05) is 0 Å². The monoisotopic (exact) mass is 297 g/mol. The van der Waals surface area contributed by atoms with Crippen molar-refractivity contribution in [2.24, 2.45) is 5.10 Å². The van der Waals surface area contributed by atoms with Gasteiger partial charge in [-0.05, 0) is 31.5 Å². The SMILES string of the molecule is C/C(=N\NC(=O)c1ccc([N+](=O)[O-])c(C)c1)c1ccccc1. The molecule has 0 saturated heterocycles. The van der Waals surface area contributed by atoms with Crippen molar-refractivity contribution < 1.29 is 9.72 Å². The van der Waals surface area contributed by atoms with Gasteiger partial charge in [-0.25, -0.2) is 5.43 Å². The Morgan fingerprint density at radius 2 is 1.82 bits per heavy atom. The second kappa shape index (κ2) is 6.62. The van der Waals surface area contributed by atoms with Crippen LogP contribution in [0.1, 0.15) is 28.4 Å². The molecule has 0 radical (unpaired) electrons. The predicted molar refractivity (Wildman–Crippen MR) is 84.0 cm³/mol. The molecule has 1 amide bonds. The van der Waals surface area contributed by atoms with E-state index in [1.807, 2.05) is 30.3 Å². The lowest BCUT2D eigenvalue weighted by Crippen LogP contribution is -2.19. The fraction of sp³-hybridized carbons (Fsp3) is 0.125. The molecule has 6 heteroatoms. The summed E-state index contributed by atoms with van der Waals surface area (Å²) in [6, 6.07) is 13.6. The van der Waals surface area contributed by atoms with Crippen LogP contribution in [0.5, 0.6) is 0 Å². The molecule has 2 aromatic carbocycles. The third kappa shape index (κ3) is 3.54. The Balaban J connectivity index is 2.13. The molecule has 0 bridgehead atoms. The van der Waals surface area contributed by atoms with Crippen LogP contribution >= 0.6 is 0 Å². The van der Waals surface area contributed by atoms with E-state index in [0.717, 1.165) is 5.56 Å². The fourth-order valence-corrected chi connectivity index (χ4v) is 1.94. The van der Waals surface area contributed by atoms with Crippen LogP contribution in [0.2, 0.25) is 0 Å². The number of nitro benzene ring substituents is 1. The lowest BCUT2D eigenvalue weighted by Gasteiger charge is -2.04. The number of hydrogen-bond acceptors (Lipinski definition) is 4. The van der Waals surface area contributed by atoms with Crippen molar-refractivity contribution >= 4 is 17.3 Å². The van der Waals surface area contributed by atoms with Gasteiger partial charge in [-0.2, -0.15) is 5.10 Å². The van der Waals surface area contributed by atoms with Gasteiger partial charge >= 0.3 is 0 Å². The summed E-state index contributed by atoms with van der Waals surface area (Å²) in [5, 5.41) is 14.8. The zero-order valence-corrected chi connectivity index (χ0v) is 12.2. The van der Waals surface area contributed by atoms with Gasteiger partial charge in [-0.1, -0.05) is 30.3 Å². The van der Waals surface area contributed by atoms with Crippen LogP contribution < -0.4 is 5.43 Å². The van der Waals surface area contributed by atoms with Crippen molar-refractivity contribution in [3.05, 3.63) is 75.3 Å². The number of nitrogens with zero attached hydrogens (tertiary/aromatic N) is 2. The Bertz CT molecular complexity index is 740. The van der Waals surface area contributed by atoms with Crippen molar-refractivity contribution in [1.82, 2.24) is 5.43 Å². The van der Waals surface area contributed by atoms with Crippen LogP contribution in [0.15, 0.2) is 53.6 Å². The smallest absolute Gasteiger partial charge is 0.267 e. The molecular formula is C16H15N3O3. The van der Waals surface area contributed by atoms with Crippen LogP contribution in [0.3, 0.4) is 0 Å². The first-order chi connectivity index (χ1) is 10.5. The number of benzene rings is 2. The molecule has 0 unspecified atom stereocenters. The van der Waals surface area contributed by atoms with Crippen LogP contribution in [-0.4, -0.2) is 16.5 Å². The molecule has 0 aromatic heterocycles. The van der Waals surface area contributed by atoms with E-state index >= 15 is 0 Å². The average molecular weight is 297 g/mol. The van der Waals surface area contributed by atoms with E-state index < -0.39 is 10.8 Å². The van der Waals surface area contributed by atoms with Gasteiger partial charge in [0.2, 0.25) is 0 Å². The summed E-state index contributed by atoms with van der Waals surface area (Å²) in [6.07, 6.45) is 0. The maximum absolute atomic E-state index is 12.0. The molecule has 1 N–H and O–H groups in total. The Morgan fingerprint density at radius 1 is 1.14 bits per heavy atom. The second-order valence-electron chi connectivity index (χ2n) is 4.76. The van der Waals surface area contributed by atoms with Gasteiger partial charge in [-0.3, -0.25) is 14.9 Å². The fourth-order valence-electron chi connectivity index (χ4n) is 1.94. The molecule has 0 aliphatic carbocycles. The van der Waals surface area contributed by atoms with E-state index in [1.165, 1.54) is 18.2 Å². The summed E-state index contributed by atoms with van der Waals surface area (Å²) >= 11 is 0. The molecule has 0 fully saturated rings. The standard InChI is InChI=1S/C16H15N3O3/c1-11-10-14(8-9-15(11)19(21)22)16(20)18-17-12(2)13-6-4-3-5-7-13/h3-10H,1-2H3,(H,18,20)/b17-12+. The highest BCUT2D eigenvalue weighted by molar-refractivity contribution is 6.00. The maximum Gasteiger partial charge on any atom is 0.272 e. The largest absolute Gasteiger partial charge is 0.272 e. The zero-order valence-electron chi connectivity index (χ0n) is 12.2. The zero-order chi connectivity index (χ0) is 16.1. The lowest BCUT2D eigenvalue weighted by molar-refractivity contribution is -0.385. The number of carbonyl (C=O) groups excluding carboxylic acids is 1. The number of nitro groups is 1. The lowest BCUT2D eigenvalue weighted by atomic mass is 10.1. The minimum absolute atomic E-state index is 0.0134. The van der Waals surface area contributed by atoms with Crippen molar-refractivity contribution in [3.63, 3.8) is 0 Å². The highest BCUT2D eigenvalue weighted by Gasteiger charge is 2.13. The van der Waals surface area contributed by atoms with E-state index in [4.69, 9.17) is 0 Å². The van der Waals surface area contributed by atoms with E-state index in [2.05, 4.69) is 10.5 Å². The summed E-state index contributed by atoms with van der Waals surface area (Å²) in [7, 11) is 0. The molecular weight excluding hydrogens is 282 g/mol. The number of nitrogens with one attached hydrogen (secondary N) is 1. The first kappa shape index (κ1) is 15.4. The van der Waals surface area contributed by atoms with Gasteiger partial charge in [0.05, 0.1) is 10.6 Å². The van der Waals surface area contributed by atoms with Gasteiger partial charge in [0.25, 0.3) is 11.6 Å². The Labute approximate surface area is 127 Å².